The van der Waals surface area contributed by atoms with Crippen LogP contribution < -0.4 is 10.1 Å². The van der Waals surface area contributed by atoms with Gasteiger partial charge in [0, 0.05) is 5.75 Å². The Morgan fingerprint density at radius 1 is 1.17 bits per heavy atom. The standard InChI is InChI=1S/C18H19NO4S/c1-23-16-9-5-8-13(12-6-3-2-4-7-12)17(16)15(20)10-19-14(11-24)18(21)22/h2-9,14,19,24H,10-11H2,1H3,(H,21,22)/t14-/m1/s1. The van der Waals surface area contributed by atoms with Crippen molar-refractivity contribution >= 4 is 24.4 Å². The maximum atomic E-state index is 12.7. The molecule has 2 rings (SSSR count). The molecule has 2 N–H and O–H groups in total. The third kappa shape index (κ3) is 4.15. The molecule has 0 saturated carbocycles. The number of rotatable bonds is 8. The first-order valence-corrected chi connectivity index (χ1v) is 8.04. The SMILES string of the molecule is COc1cccc(-c2ccccc2)c1C(=O)CN[C@H](CS)C(=O)O. The summed E-state index contributed by atoms with van der Waals surface area (Å²) >= 11 is 3.98. The molecule has 0 unspecified atom stereocenters. The van der Waals surface area contributed by atoms with Gasteiger partial charge in [0.2, 0.25) is 0 Å². The summed E-state index contributed by atoms with van der Waals surface area (Å²) in [5.74, 6) is -0.721. The highest BCUT2D eigenvalue weighted by atomic mass is 32.1. The fourth-order valence-corrected chi connectivity index (χ4v) is 2.67. The lowest BCUT2D eigenvalue weighted by Crippen LogP contribution is -2.41. The van der Waals surface area contributed by atoms with E-state index in [0.29, 0.717) is 11.3 Å². The van der Waals surface area contributed by atoms with E-state index in [-0.39, 0.29) is 18.1 Å². The van der Waals surface area contributed by atoms with E-state index in [4.69, 9.17) is 9.84 Å². The second-order valence-electron chi connectivity index (χ2n) is 5.13. The minimum atomic E-state index is -1.04. The molecular weight excluding hydrogens is 326 g/mol. The number of thiol groups is 1. The van der Waals surface area contributed by atoms with Crippen LogP contribution in [0.3, 0.4) is 0 Å². The van der Waals surface area contributed by atoms with Crippen LogP contribution in [0.1, 0.15) is 10.4 Å². The molecule has 0 radical (unpaired) electrons. The minimum absolute atomic E-state index is 0.0973. The van der Waals surface area contributed by atoms with Crippen LogP contribution in [0.25, 0.3) is 11.1 Å². The van der Waals surface area contributed by atoms with Crippen molar-refractivity contribution in [2.45, 2.75) is 6.04 Å². The molecule has 24 heavy (non-hydrogen) atoms. The Labute approximate surface area is 146 Å². The van der Waals surface area contributed by atoms with Crippen LogP contribution >= 0.6 is 12.6 Å². The number of methoxy groups -OCH3 is 1. The van der Waals surface area contributed by atoms with Crippen molar-refractivity contribution < 1.29 is 19.4 Å². The van der Waals surface area contributed by atoms with Gasteiger partial charge in [-0.3, -0.25) is 14.9 Å². The summed E-state index contributed by atoms with van der Waals surface area (Å²) in [6, 6.07) is 14.0. The van der Waals surface area contributed by atoms with Gasteiger partial charge in [0.15, 0.2) is 5.78 Å². The summed E-state index contributed by atoms with van der Waals surface area (Å²) in [5, 5.41) is 11.8. The highest BCUT2D eigenvalue weighted by molar-refractivity contribution is 7.80. The molecule has 0 aromatic heterocycles. The van der Waals surface area contributed by atoms with Crippen molar-refractivity contribution in [2.24, 2.45) is 0 Å². The van der Waals surface area contributed by atoms with E-state index in [1.807, 2.05) is 42.5 Å². The number of carbonyl (C=O) groups excluding carboxylic acids is 1. The monoisotopic (exact) mass is 345 g/mol. The average molecular weight is 345 g/mol. The summed E-state index contributed by atoms with van der Waals surface area (Å²) in [4.78, 5) is 23.7. The van der Waals surface area contributed by atoms with E-state index in [9.17, 15) is 9.59 Å². The Morgan fingerprint density at radius 3 is 2.46 bits per heavy atom. The van der Waals surface area contributed by atoms with Gasteiger partial charge in [-0.25, -0.2) is 0 Å². The first-order valence-electron chi connectivity index (χ1n) is 7.41. The maximum Gasteiger partial charge on any atom is 0.321 e. The van der Waals surface area contributed by atoms with E-state index in [0.717, 1.165) is 11.1 Å². The first-order chi connectivity index (χ1) is 11.6. The van der Waals surface area contributed by atoms with Crippen LogP contribution in [0.4, 0.5) is 0 Å². The molecule has 2 aromatic carbocycles. The molecule has 0 fully saturated rings. The number of hydrogen-bond donors (Lipinski definition) is 3. The number of nitrogens with one attached hydrogen (secondary N) is 1. The molecular formula is C18H19NO4S. The minimum Gasteiger partial charge on any atom is -0.496 e. The second-order valence-corrected chi connectivity index (χ2v) is 5.49. The second kappa shape index (κ2) is 8.52. The van der Waals surface area contributed by atoms with E-state index < -0.39 is 12.0 Å². The zero-order valence-corrected chi connectivity index (χ0v) is 14.1. The van der Waals surface area contributed by atoms with Crippen molar-refractivity contribution in [3.05, 3.63) is 54.1 Å². The molecule has 0 bridgehead atoms. The first kappa shape index (κ1) is 18.0. The summed E-state index contributed by atoms with van der Waals surface area (Å²) in [5.41, 5.74) is 2.07. The summed E-state index contributed by atoms with van der Waals surface area (Å²) < 4.78 is 5.33. The summed E-state index contributed by atoms with van der Waals surface area (Å²) in [7, 11) is 1.50. The van der Waals surface area contributed by atoms with Crippen LogP contribution in [-0.4, -0.2) is 42.3 Å². The number of ketones is 1. The molecule has 1 atom stereocenters. The Balaban J connectivity index is 2.34. The quantitative estimate of drug-likeness (QED) is 0.506. The van der Waals surface area contributed by atoms with Gasteiger partial charge in [0.25, 0.3) is 0 Å². The van der Waals surface area contributed by atoms with Crippen LogP contribution in [0.2, 0.25) is 0 Å². The molecule has 5 nitrogen and oxygen atoms in total. The van der Waals surface area contributed by atoms with Crippen molar-refractivity contribution in [3.8, 4) is 16.9 Å². The highest BCUT2D eigenvalue weighted by Crippen LogP contribution is 2.30. The van der Waals surface area contributed by atoms with Gasteiger partial charge in [-0.05, 0) is 17.2 Å². The number of carboxylic acids is 1. The van der Waals surface area contributed by atoms with Crippen LogP contribution in [0.15, 0.2) is 48.5 Å². The zero-order valence-electron chi connectivity index (χ0n) is 13.2. The Hall–Kier alpha value is -2.31. The topological polar surface area (TPSA) is 75.6 Å². The summed E-state index contributed by atoms with van der Waals surface area (Å²) in [6.45, 7) is -0.113. The van der Waals surface area contributed by atoms with Crippen molar-refractivity contribution in [1.82, 2.24) is 5.32 Å². The lowest BCUT2D eigenvalue weighted by Gasteiger charge is -2.15. The molecule has 6 heteroatoms. The maximum absolute atomic E-state index is 12.7. The normalized spacial score (nSPS) is 11.8. The van der Waals surface area contributed by atoms with E-state index >= 15 is 0 Å². The number of hydrogen-bond acceptors (Lipinski definition) is 5. The van der Waals surface area contributed by atoms with Gasteiger partial charge in [-0.2, -0.15) is 12.6 Å². The molecule has 0 saturated heterocycles. The van der Waals surface area contributed by atoms with Gasteiger partial charge in [-0.15, -0.1) is 0 Å². The molecule has 0 aliphatic heterocycles. The summed E-state index contributed by atoms with van der Waals surface area (Å²) in [6.07, 6.45) is 0. The largest absolute Gasteiger partial charge is 0.496 e. The lowest BCUT2D eigenvalue weighted by molar-refractivity contribution is -0.138. The molecule has 0 spiro atoms. The number of benzene rings is 2. The predicted octanol–water partition coefficient (Wildman–Crippen LogP) is 2.52. The van der Waals surface area contributed by atoms with Gasteiger partial charge in [-0.1, -0.05) is 42.5 Å². The molecule has 0 aliphatic carbocycles. The van der Waals surface area contributed by atoms with Gasteiger partial charge >= 0.3 is 5.97 Å². The molecule has 0 aliphatic rings. The molecule has 126 valence electrons. The number of carbonyl (C=O) groups is 2. The smallest absolute Gasteiger partial charge is 0.321 e. The lowest BCUT2D eigenvalue weighted by atomic mass is 9.96. The van der Waals surface area contributed by atoms with Gasteiger partial charge in [0.05, 0.1) is 19.2 Å². The molecule has 0 heterocycles. The van der Waals surface area contributed by atoms with E-state index in [2.05, 4.69) is 17.9 Å². The number of aliphatic carboxylic acids is 1. The fourth-order valence-electron chi connectivity index (χ4n) is 2.38. The molecule has 2 aromatic rings. The fraction of sp³-hybridized carbons (Fsp3) is 0.222. The van der Waals surface area contributed by atoms with Crippen LogP contribution in [-0.2, 0) is 4.79 Å². The number of Topliss-reactive ketones (excluding diaryl/α,β-unsaturated/α-hetero) is 1. The number of ether oxygens (including phenoxy) is 1. The van der Waals surface area contributed by atoms with Gasteiger partial charge in [0.1, 0.15) is 11.8 Å². The van der Waals surface area contributed by atoms with Crippen LogP contribution in [0, 0.1) is 0 Å². The van der Waals surface area contributed by atoms with Crippen molar-refractivity contribution in [3.63, 3.8) is 0 Å². The average Bonchev–Trinajstić information content (AvgIpc) is 2.61. The van der Waals surface area contributed by atoms with Gasteiger partial charge < -0.3 is 9.84 Å². The Kier molecular flexibility index (Phi) is 6.40. The number of carboxylic acid groups (broad SMARTS) is 1. The van der Waals surface area contributed by atoms with Crippen molar-refractivity contribution in [2.75, 3.05) is 19.4 Å². The molecule has 0 amide bonds. The zero-order chi connectivity index (χ0) is 17.5. The third-order valence-electron chi connectivity index (χ3n) is 3.60. The van der Waals surface area contributed by atoms with E-state index in [1.54, 1.807) is 6.07 Å². The Morgan fingerprint density at radius 2 is 1.88 bits per heavy atom. The predicted molar refractivity (Wildman–Crippen MR) is 96.0 cm³/mol. The Bertz CT molecular complexity index is 718. The van der Waals surface area contributed by atoms with Crippen molar-refractivity contribution in [1.29, 1.82) is 0 Å². The third-order valence-corrected chi connectivity index (χ3v) is 3.96. The highest BCUT2D eigenvalue weighted by Gasteiger charge is 2.21. The van der Waals surface area contributed by atoms with E-state index in [1.165, 1.54) is 7.11 Å². The van der Waals surface area contributed by atoms with Crippen LogP contribution in [0.5, 0.6) is 5.75 Å².